The molecule has 1 aromatic rings. The number of carbonyl (C=O) groups excluding carboxylic acids is 1. The second kappa shape index (κ2) is 4.52. The van der Waals surface area contributed by atoms with Crippen molar-refractivity contribution in [2.45, 2.75) is 32.4 Å². The highest BCUT2D eigenvalue weighted by Gasteiger charge is 2.42. The van der Waals surface area contributed by atoms with Crippen LogP contribution < -0.4 is 16.0 Å². The number of aryl methyl sites for hydroxylation is 2. The van der Waals surface area contributed by atoms with Crippen LogP contribution in [0.2, 0.25) is 0 Å². The van der Waals surface area contributed by atoms with Crippen LogP contribution in [0.15, 0.2) is 0 Å². The Hall–Kier alpha value is -1.56. The minimum Gasteiger partial charge on any atom is -0.354 e. The molecule has 2 saturated heterocycles. The summed E-state index contributed by atoms with van der Waals surface area (Å²) in [5, 5.41) is 7.46. The minimum absolute atomic E-state index is 0.120. The topological polar surface area (TPSA) is 76.2 Å². The van der Waals surface area contributed by atoms with E-state index in [1.54, 1.807) is 0 Å². The van der Waals surface area contributed by atoms with Crippen molar-refractivity contribution in [3.8, 4) is 0 Å². The number of hydrogen-bond donors (Lipinski definition) is 2. The molecule has 2 atom stereocenters. The highest BCUT2D eigenvalue weighted by Crippen LogP contribution is 2.33. The fourth-order valence-corrected chi connectivity index (χ4v) is 3.50. The van der Waals surface area contributed by atoms with Crippen molar-refractivity contribution in [3.63, 3.8) is 0 Å². The first-order valence-electron chi connectivity index (χ1n) is 6.90. The molecule has 6 heteroatoms. The number of nitrogens with two attached hydrogens (primary N) is 1. The summed E-state index contributed by atoms with van der Waals surface area (Å²) in [6.07, 6.45) is 2.03. The van der Waals surface area contributed by atoms with Crippen LogP contribution in [0.5, 0.6) is 0 Å². The summed E-state index contributed by atoms with van der Waals surface area (Å²) in [4.78, 5) is 14.2. The largest absolute Gasteiger partial charge is 0.354 e. The average molecular weight is 263 g/mol. The molecular weight excluding hydrogens is 242 g/mol. The minimum atomic E-state index is 0.120. The molecule has 1 aromatic heterocycles. The van der Waals surface area contributed by atoms with E-state index in [-0.39, 0.29) is 17.9 Å². The molecule has 0 spiro atoms. The maximum Gasteiger partial charge on any atom is 0.225 e. The van der Waals surface area contributed by atoms with Crippen molar-refractivity contribution < 1.29 is 4.79 Å². The molecule has 2 aliphatic rings. The van der Waals surface area contributed by atoms with Gasteiger partial charge in [0.2, 0.25) is 5.91 Å². The fraction of sp³-hybridized carbons (Fsp3) is 0.692. The molecule has 2 fully saturated rings. The van der Waals surface area contributed by atoms with Crippen molar-refractivity contribution in [2.24, 2.45) is 18.7 Å². The van der Waals surface area contributed by atoms with Crippen molar-refractivity contribution in [1.82, 2.24) is 15.1 Å². The second-order valence-corrected chi connectivity index (χ2v) is 5.47. The number of fused-ring (bicyclic) bond motifs is 1. The van der Waals surface area contributed by atoms with Gasteiger partial charge in [-0.1, -0.05) is 0 Å². The van der Waals surface area contributed by atoms with Crippen LogP contribution in [0.4, 0.5) is 5.82 Å². The lowest BCUT2D eigenvalue weighted by Gasteiger charge is -2.38. The lowest BCUT2D eigenvalue weighted by molar-refractivity contribution is -0.123. The van der Waals surface area contributed by atoms with E-state index in [4.69, 9.17) is 5.73 Å². The summed E-state index contributed by atoms with van der Waals surface area (Å²) >= 11 is 0. The first-order valence-corrected chi connectivity index (χ1v) is 6.90. The predicted octanol–water partition coefficient (Wildman–Crippen LogP) is -0.0980. The number of amides is 1. The highest BCUT2D eigenvalue weighted by atomic mass is 16.2. The lowest BCUT2D eigenvalue weighted by Crippen LogP contribution is -2.47. The zero-order chi connectivity index (χ0) is 13.6. The van der Waals surface area contributed by atoms with Crippen LogP contribution >= 0.6 is 0 Å². The van der Waals surface area contributed by atoms with E-state index in [0.717, 1.165) is 43.0 Å². The number of rotatable bonds is 2. The van der Waals surface area contributed by atoms with E-state index in [1.165, 1.54) is 0 Å². The molecule has 3 rings (SSSR count). The number of hydrogen-bond acceptors (Lipinski definition) is 4. The standard InChI is InChI=1S/C13H21N5O/c1-8-10(6-14)13(17(2)16-8)18-5-3-4-9-11(18)7-15-12(9)19/h9,11H,3-7,14H2,1-2H3,(H,15,19). The van der Waals surface area contributed by atoms with Crippen LogP contribution in [0.25, 0.3) is 0 Å². The summed E-state index contributed by atoms with van der Waals surface area (Å²) < 4.78 is 1.91. The van der Waals surface area contributed by atoms with Crippen molar-refractivity contribution >= 4 is 11.7 Å². The molecule has 0 bridgehead atoms. The van der Waals surface area contributed by atoms with Crippen molar-refractivity contribution in [2.75, 3.05) is 18.0 Å². The van der Waals surface area contributed by atoms with E-state index < -0.39 is 0 Å². The van der Waals surface area contributed by atoms with Gasteiger partial charge in [0.1, 0.15) is 5.82 Å². The first kappa shape index (κ1) is 12.5. The van der Waals surface area contributed by atoms with Crippen LogP contribution in [0.3, 0.4) is 0 Å². The molecule has 0 aromatic carbocycles. The molecule has 1 amide bonds. The average Bonchev–Trinajstić information content (AvgIpc) is 2.90. The number of anilines is 1. The molecule has 0 saturated carbocycles. The molecule has 6 nitrogen and oxygen atoms in total. The monoisotopic (exact) mass is 263 g/mol. The molecule has 0 aliphatic carbocycles. The maximum atomic E-state index is 11.8. The van der Waals surface area contributed by atoms with Gasteiger partial charge in [-0.2, -0.15) is 5.10 Å². The third-order valence-corrected chi connectivity index (χ3v) is 4.39. The van der Waals surface area contributed by atoms with Gasteiger partial charge in [-0.15, -0.1) is 0 Å². The van der Waals surface area contributed by atoms with Crippen LogP contribution in [-0.2, 0) is 18.4 Å². The molecule has 104 valence electrons. The smallest absolute Gasteiger partial charge is 0.225 e. The van der Waals surface area contributed by atoms with Gasteiger partial charge in [0, 0.05) is 32.2 Å². The Morgan fingerprint density at radius 1 is 1.53 bits per heavy atom. The molecule has 19 heavy (non-hydrogen) atoms. The van der Waals surface area contributed by atoms with Gasteiger partial charge in [0.25, 0.3) is 0 Å². The van der Waals surface area contributed by atoms with E-state index in [2.05, 4.69) is 15.3 Å². The van der Waals surface area contributed by atoms with Gasteiger partial charge < -0.3 is 16.0 Å². The summed E-state index contributed by atoms with van der Waals surface area (Å²) in [6.45, 7) is 4.19. The number of piperidine rings is 1. The molecule has 2 unspecified atom stereocenters. The third kappa shape index (κ3) is 1.82. The van der Waals surface area contributed by atoms with Gasteiger partial charge in [-0.25, -0.2) is 0 Å². The molecule has 3 heterocycles. The van der Waals surface area contributed by atoms with Gasteiger partial charge in [0.15, 0.2) is 0 Å². The Labute approximate surface area is 112 Å². The molecule has 3 N–H and O–H groups in total. The Kier molecular flexibility index (Phi) is 2.97. The van der Waals surface area contributed by atoms with Crippen LogP contribution in [0.1, 0.15) is 24.1 Å². The van der Waals surface area contributed by atoms with Gasteiger partial charge in [-0.05, 0) is 19.8 Å². The molecule has 2 aliphatic heterocycles. The normalized spacial score (nSPS) is 26.5. The van der Waals surface area contributed by atoms with E-state index in [9.17, 15) is 4.79 Å². The Morgan fingerprint density at radius 2 is 2.32 bits per heavy atom. The van der Waals surface area contributed by atoms with E-state index in [0.29, 0.717) is 6.54 Å². The molecule has 0 radical (unpaired) electrons. The van der Waals surface area contributed by atoms with Crippen molar-refractivity contribution in [3.05, 3.63) is 11.3 Å². The zero-order valence-corrected chi connectivity index (χ0v) is 11.5. The van der Waals surface area contributed by atoms with Crippen LogP contribution in [0, 0.1) is 12.8 Å². The van der Waals surface area contributed by atoms with E-state index >= 15 is 0 Å². The van der Waals surface area contributed by atoms with Gasteiger partial charge >= 0.3 is 0 Å². The highest BCUT2D eigenvalue weighted by molar-refractivity contribution is 5.83. The maximum absolute atomic E-state index is 11.8. The quantitative estimate of drug-likeness (QED) is 0.781. The third-order valence-electron chi connectivity index (χ3n) is 4.39. The Morgan fingerprint density at radius 3 is 3.05 bits per heavy atom. The Bertz CT molecular complexity index is 509. The van der Waals surface area contributed by atoms with Gasteiger partial charge in [0.05, 0.1) is 17.7 Å². The lowest BCUT2D eigenvalue weighted by atomic mass is 9.91. The second-order valence-electron chi connectivity index (χ2n) is 5.47. The first-order chi connectivity index (χ1) is 9.13. The van der Waals surface area contributed by atoms with Gasteiger partial charge in [-0.3, -0.25) is 9.48 Å². The number of carbonyl (C=O) groups is 1. The number of aromatic nitrogens is 2. The SMILES string of the molecule is Cc1nn(C)c(N2CCCC3C(=O)NCC32)c1CN. The summed E-state index contributed by atoms with van der Waals surface area (Å²) in [5.41, 5.74) is 7.96. The van der Waals surface area contributed by atoms with Crippen molar-refractivity contribution in [1.29, 1.82) is 0 Å². The number of nitrogens with zero attached hydrogens (tertiary/aromatic N) is 3. The summed E-state index contributed by atoms with van der Waals surface area (Å²) in [5.74, 6) is 1.41. The molecular formula is C13H21N5O. The van der Waals surface area contributed by atoms with E-state index in [1.807, 2.05) is 18.7 Å². The number of nitrogens with one attached hydrogen (secondary N) is 1. The Balaban J connectivity index is 1.99. The zero-order valence-electron chi connectivity index (χ0n) is 11.5. The predicted molar refractivity (Wildman–Crippen MR) is 72.7 cm³/mol. The summed E-state index contributed by atoms with van der Waals surface area (Å²) in [6, 6.07) is 0.251. The fourth-order valence-electron chi connectivity index (χ4n) is 3.50. The van der Waals surface area contributed by atoms with Crippen LogP contribution in [-0.4, -0.2) is 34.8 Å². The summed E-state index contributed by atoms with van der Waals surface area (Å²) in [7, 11) is 1.95.